The summed E-state index contributed by atoms with van der Waals surface area (Å²) < 4.78 is 21.9. The Bertz CT molecular complexity index is 1100. The van der Waals surface area contributed by atoms with Gasteiger partial charge in [-0.1, -0.05) is 18.5 Å². The summed E-state index contributed by atoms with van der Waals surface area (Å²) in [5, 5.41) is 18.7. The Balaban J connectivity index is 1.68. The lowest BCUT2D eigenvalue weighted by Crippen LogP contribution is -2.08. The molecule has 0 radical (unpaired) electrons. The largest absolute Gasteiger partial charge is 0.490 e. The average molecular weight is 462 g/mol. The molecule has 11 heteroatoms. The molecule has 0 atom stereocenters. The van der Waals surface area contributed by atoms with Crippen molar-refractivity contribution in [1.82, 2.24) is 10.2 Å². The van der Waals surface area contributed by atoms with E-state index in [4.69, 9.17) is 30.2 Å². The maximum atomic E-state index is 12.5. The van der Waals surface area contributed by atoms with Crippen LogP contribution in [-0.2, 0) is 11.3 Å². The van der Waals surface area contributed by atoms with E-state index in [2.05, 4.69) is 10.2 Å². The van der Waals surface area contributed by atoms with Crippen molar-refractivity contribution in [3.8, 4) is 23.0 Å². The molecule has 1 aromatic heterocycles. The van der Waals surface area contributed by atoms with Gasteiger partial charge in [0, 0.05) is 17.7 Å². The number of carbonyl (C=O) groups excluding carboxylic acids is 1. The van der Waals surface area contributed by atoms with Crippen molar-refractivity contribution in [2.45, 2.75) is 26.9 Å². The second-order valence-electron chi connectivity index (χ2n) is 6.45. The van der Waals surface area contributed by atoms with Crippen LogP contribution in [0.4, 0.5) is 5.69 Å². The van der Waals surface area contributed by atoms with Crippen LogP contribution in [0.25, 0.3) is 11.5 Å². The first-order valence-electron chi connectivity index (χ1n) is 9.76. The van der Waals surface area contributed by atoms with Crippen LogP contribution in [0.1, 0.15) is 36.5 Å². The molecule has 0 unspecified atom stereocenters. The average Bonchev–Trinajstić information content (AvgIpc) is 3.26. The van der Waals surface area contributed by atoms with Crippen LogP contribution >= 0.6 is 11.6 Å². The molecular weight excluding hydrogens is 442 g/mol. The smallest absolute Gasteiger partial charge is 0.338 e. The normalized spacial score (nSPS) is 10.6. The van der Waals surface area contributed by atoms with Crippen molar-refractivity contribution in [3.05, 3.63) is 63.0 Å². The SMILES string of the molecule is CCCOc1c(Cl)cc(C(=O)OCc2nnc(-c3ccc([N+](=O)[O-])cc3)o2)cc1OCC. The second kappa shape index (κ2) is 10.6. The molecule has 10 nitrogen and oxygen atoms in total. The molecule has 2 aromatic carbocycles. The number of hydrogen-bond acceptors (Lipinski definition) is 9. The highest BCUT2D eigenvalue weighted by atomic mass is 35.5. The summed E-state index contributed by atoms with van der Waals surface area (Å²) in [6, 6.07) is 8.56. The second-order valence-corrected chi connectivity index (χ2v) is 6.86. The van der Waals surface area contributed by atoms with E-state index in [1.54, 1.807) is 6.92 Å². The number of esters is 1. The van der Waals surface area contributed by atoms with Crippen molar-refractivity contribution < 1.29 is 28.3 Å². The summed E-state index contributed by atoms with van der Waals surface area (Å²) in [6.45, 7) is 4.32. The van der Waals surface area contributed by atoms with Crippen LogP contribution in [0, 0.1) is 10.1 Å². The Morgan fingerprint density at radius 2 is 1.91 bits per heavy atom. The third kappa shape index (κ3) is 5.52. The Kier molecular flexibility index (Phi) is 7.61. The maximum absolute atomic E-state index is 12.5. The highest BCUT2D eigenvalue weighted by Gasteiger charge is 2.19. The van der Waals surface area contributed by atoms with Gasteiger partial charge in [0.15, 0.2) is 18.1 Å². The molecule has 168 valence electrons. The zero-order chi connectivity index (χ0) is 23.1. The van der Waals surface area contributed by atoms with E-state index < -0.39 is 10.9 Å². The summed E-state index contributed by atoms with van der Waals surface area (Å²) >= 11 is 6.27. The highest BCUT2D eigenvalue weighted by molar-refractivity contribution is 6.32. The summed E-state index contributed by atoms with van der Waals surface area (Å²) in [6.07, 6.45) is 0.789. The van der Waals surface area contributed by atoms with Crippen molar-refractivity contribution in [1.29, 1.82) is 0 Å². The van der Waals surface area contributed by atoms with Gasteiger partial charge in [0.25, 0.3) is 11.6 Å². The Morgan fingerprint density at radius 1 is 1.16 bits per heavy atom. The lowest BCUT2D eigenvalue weighted by Gasteiger charge is -2.14. The van der Waals surface area contributed by atoms with E-state index >= 15 is 0 Å². The van der Waals surface area contributed by atoms with Crippen molar-refractivity contribution in [2.24, 2.45) is 0 Å². The van der Waals surface area contributed by atoms with E-state index in [9.17, 15) is 14.9 Å². The number of ether oxygens (including phenoxy) is 3. The number of nitro groups is 1. The predicted molar refractivity (Wildman–Crippen MR) is 114 cm³/mol. The number of rotatable bonds is 10. The molecule has 0 aliphatic heterocycles. The van der Waals surface area contributed by atoms with Gasteiger partial charge in [-0.15, -0.1) is 10.2 Å². The molecule has 32 heavy (non-hydrogen) atoms. The van der Waals surface area contributed by atoms with Crippen molar-refractivity contribution in [2.75, 3.05) is 13.2 Å². The summed E-state index contributed by atoms with van der Waals surface area (Å²) in [4.78, 5) is 22.7. The lowest BCUT2D eigenvalue weighted by atomic mass is 10.2. The number of hydrogen-bond donors (Lipinski definition) is 0. The van der Waals surface area contributed by atoms with E-state index in [1.165, 1.54) is 36.4 Å². The minimum absolute atomic E-state index is 0.0568. The van der Waals surface area contributed by atoms with Gasteiger partial charge in [-0.3, -0.25) is 10.1 Å². The third-order valence-corrected chi connectivity index (χ3v) is 4.40. The first kappa shape index (κ1) is 23.0. The minimum Gasteiger partial charge on any atom is -0.490 e. The zero-order valence-electron chi connectivity index (χ0n) is 17.4. The van der Waals surface area contributed by atoms with E-state index in [1.807, 2.05) is 6.92 Å². The standard InChI is InChI=1S/C21H20ClN3O7/c1-3-9-30-19-16(22)10-14(11-17(19)29-4-2)21(26)31-12-18-23-24-20(32-18)13-5-7-15(8-6-13)25(27)28/h5-8,10-11H,3-4,9,12H2,1-2H3. The molecule has 0 fully saturated rings. The third-order valence-electron chi connectivity index (χ3n) is 4.11. The summed E-state index contributed by atoms with van der Waals surface area (Å²) in [7, 11) is 0. The van der Waals surface area contributed by atoms with Crippen LogP contribution in [0.15, 0.2) is 40.8 Å². The molecule has 0 N–H and O–H groups in total. The molecule has 0 aliphatic carbocycles. The van der Waals surface area contributed by atoms with Crippen LogP contribution in [-0.4, -0.2) is 34.3 Å². The maximum Gasteiger partial charge on any atom is 0.338 e. The number of benzene rings is 2. The fourth-order valence-corrected chi connectivity index (χ4v) is 2.92. The Hall–Kier alpha value is -3.66. The molecule has 3 aromatic rings. The van der Waals surface area contributed by atoms with Crippen LogP contribution < -0.4 is 9.47 Å². The zero-order valence-corrected chi connectivity index (χ0v) is 18.1. The molecule has 0 aliphatic rings. The predicted octanol–water partition coefficient (Wildman–Crippen LogP) is 4.84. The fraction of sp³-hybridized carbons (Fsp3) is 0.286. The van der Waals surface area contributed by atoms with Crippen molar-refractivity contribution >= 4 is 23.3 Å². The molecule has 0 spiro atoms. The molecule has 0 saturated heterocycles. The molecule has 3 rings (SSSR count). The number of carbonyl (C=O) groups is 1. The first-order valence-corrected chi connectivity index (χ1v) is 10.1. The quantitative estimate of drug-likeness (QED) is 0.236. The van der Waals surface area contributed by atoms with Gasteiger partial charge in [0.1, 0.15) is 0 Å². The first-order chi connectivity index (χ1) is 15.4. The van der Waals surface area contributed by atoms with Crippen molar-refractivity contribution in [3.63, 3.8) is 0 Å². The van der Waals surface area contributed by atoms with Gasteiger partial charge in [0.05, 0.1) is 28.7 Å². The minimum atomic E-state index is -0.662. The number of halogens is 1. The van der Waals surface area contributed by atoms with Gasteiger partial charge < -0.3 is 18.6 Å². The summed E-state index contributed by atoms with van der Waals surface area (Å²) in [5.41, 5.74) is 0.618. The molecular formula is C21H20ClN3O7. The number of aromatic nitrogens is 2. The fourth-order valence-electron chi connectivity index (χ4n) is 2.66. The van der Waals surface area contributed by atoms with E-state index in [0.717, 1.165) is 6.42 Å². The topological polar surface area (TPSA) is 127 Å². The Morgan fingerprint density at radius 3 is 2.56 bits per heavy atom. The van der Waals surface area contributed by atoms with Crippen LogP contribution in [0.3, 0.4) is 0 Å². The number of non-ortho nitro benzene ring substituents is 1. The highest BCUT2D eigenvalue weighted by Crippen LogP contribution is 2.37. The van der Waals surface area contributed by atoms with Gasteiger partial charge >= 0.3 is 5.97 Å². The van der Waals surface area contributed by atoms with E-state index in [0.29, 0.717) is 30.3 Å². The molecule has 0 amide bonds. The van der Waals surface area contributed by atoms with Gasteiger partial charge in [0.2, 0.25) is 5.89 Å². The van der Waals surface area contributed by atoms with Gasteiger partial charge in [-0.25, -0.2) is 4.79 Å². The van der Waals surface area contributed by atoms with Gasteiger partial charge in [-0.05, 0) is 37.6 Å². The summed E-state index contributed by atoms with van der Waals surface area (Å²) in [5.74, 6) is 0.260. The monoisotopic (exact) mass is 461 g/mol. The Labute approximate surface area is 188 Å². The number of nitro benzene ring substituents is 1. The molecule has 1 heterocycles. The molecule has 0 bridgehead atoms. The van der Waals surface area contributed by atoms with Gasteiger partial charge in [-0.2, -0.15) is 0 Å². The van der Waals surface area contributed by atoms with Crippen LogP contribution in [0.5, 0.6) is 11.5 Å². The van der Waals surface area contributed by atoms with E-state index in [-0.39, 0.29) is 34.7 Å². The van der Waals surface area contributed by atoms with Crippen LogP contribution in [0.2, 0.25) is 5.02 Å². The molecule has 0 saturated carbocycles. The lowest BCUT2D eigenvalue weighted by molar-refractivity contribution is -0.384. The number of nitrogens with zero attached hydrogens (tertiary/aromatic N) is 3.